The molecule has 1 aliphatic carbocycles. The van der Waals surface area contributed by atoms with Crippen LogP contribution >= 0.6 is 11.3 Å². The lowest BCUT2D eigenvalue weighted by molar-refractivity contribution is 0.0687. The number of carboxylic acid groups (broad SMARTS) is 1. The minimum absolute atomic E-state index is 0.0942. The number of thiazole rings is 1. The van der Waals surface area contributed by atoms with Gasteiger partial charge in [0.2, 0.25) is 0 Å². The number of nitrogens with zero attached hydrogens (tertiary/aromatic N) is 2. The number of carboxylic acids is 1. The van der Waals surface area contributed by atoms with Gasteiger partial charge in [-0.15, -0.1) is 11.3 Å². The first kappa shape index (κ1) is 14.2. The molecule has 21 heavy (non-hydrogen) atoms. The molecule has 0 amide bonds. The van der Waals surface area contributed by atoms with Gasteiger partial charge in [-0.05, 0) is 25.0 Å². The van der Waals surface area contributed by atoms with E-state index in [1.165, 1.54) is 16.1 Å². The van der Waals surface area contributed by atoms with Gasteiger partial charge in [-0.25, -0.2) is 18.2 Å². The number of carbonyl (C=O) groups is 1. The highest BCUT2D eigenvalue weighted by Crippen LogP contribution is 2.35. The Morgan fingerprint density at radius 1 is 1.52 bits per heavy atom. The van der Waals surface area contributed by atoms with Gasteiger partial charge in [-0.3, -0.25) is 0 Å². The zero-order valence-corrected chi connectivity index (χ0v) is 12.4. The predicted molar refractivity (Wildman–Crippen MR) is 73.5 cm³/mol. The number of aromatic carboxylic acids is 1. The zero-order valence-electron chi connectivity index (χ0n) is 10.8. The van der Waals surface area contributed by atoms with Crippen molar-refractivity contribution in [2.24, 2.45) is 0 Å². The van der Waals surface area contributed by atoms with Gasteiger partial charge in [-0.2, -0.15) is 4.31 Å². The Bertz CT molecular complexity index is 746. The summed E-state index contributed by atoms with van der Waals surface area (Å²) in [5.41, 5.74) is 0.805. The standard InChI is InChI=1S/C12H12N2O5S2/c15-11(16)10-12(20-7-13-10)21(17,18)14(8-3-4-8)6-9-2-1-5-19-9/h1-2,5,7-8H,3-4,6H2,(H,15,16). The molecule has 2 aromatic rings. The lowest BCUT2D eigenvalue weighted by Crippen LogP contribution is -2.33. The number of rotatable bonds is 6. The lowest BCUT2D eigenvalue weighted by Gasteiger charge is -2.19. The predicted octanol–water partition coefficient (Wildman–Crippen LogP) is 1.79. The highest BCUT2D eigenvalue weighted by molar-refractivity contribution is 7.91. The maximum Gasteiger partial charge on any atom is 0.356 e. The third-order valence-electron chi connectivity index (χ3n) is 3.13. The van der Waals surface area contributed by atoms with Crippen molar-refractivity contribution >= 4 is 27.3 Å². The molecule has 112 valence electrons. The Hall–Kier alpha value is -1.71. The largest absolute Gasteiger partial charge is 0.476 e. The molecule has 2 heterocycles. The molecule has 9 heteroatoms. The van der Waals surface area contributed by atoms with Gasteiger partial charge in [-0.1, -0.05) is 0 Å². The molecular weight excluding hydrogens is 316 g/mol. The minimum Gasteiger partial charge on any atom is -0.476 e. The first-order chi connectivity index (χ1) is 10.00. The quantitative estimate of drug-likeness (QED) is 0.867. The lowest BCUT2D eigenvalue weighted by atomic mass is 10.4. The molecule has 0 aromatic carbocycles. The first-order valence-corrected chi connectivity index (χ1v) is 8.53. The molecule has 7 nitrogen and oxygen atoms in total. The van der Waals surface area contributed by atoms with Crippen LogP contribution in [0.5, 0.6) is 0 Å². The van der Waals surface area contributed by atoms with Gasteiger partial charge in [0.25, 0.3) is 10.0 Å². The molecule has 1 N–H and O–H groups in total. The Morgan fingerprint density at radius 3 is 2.86 bits per heavy atom. The van der Waals surface area contributed by atoms with Gasteiger partial charge in [0.1, 0.15) is 5.76 Å². The van der Waals surface area contributed by atoms with E-state index in [1.54, 1.807) is 12.1 Å². The van der Waals surface area contributed by atoms with Gasteiger partial charge in [0.15, 0.2) is 9.90 Å². The molecule has 0 unspecified atom stereocenters. The average Bonchev–Trinajstić information content (AvgIpc) is 2.95. The van der Waals surface area contributed by atoms with E-state index in [4.69, 9.17) is 9.52 Å². The van der Waals surface area contributed by atoms with Crippen LogP contribution in [0.1, 0.15) is 29.1 Å². The van der Waals surface area contributed by atoms with Crippen molar-refractivity contribution in [3.05, 3.63) is 35.4 Å². The van der Waals surface area contributed by atoms with E-state index in [0.717, 1.165) is 24.2 Å². The highest BCUT2D eigenvalue weighted by atomic mass is 32.2. The van der Waals surface area contributed by atoms with Crippen molar-refractivity contribution in [1.29, 1.82) is 0 Å². The van der Waals surface area contributed by atoms with Crippen molar-refractivity contribution in [3.63, 3.8) is 0 Å². The molecule has 1 aliphatic rings. The zero-order chi connectivity index (χ0) is 15.0. The average molecular weight is 328 g/mol. The number of hydrogen-bond acceptors (Lipinski definition) is 6. The van der Waals surface area contributed by atoms with Gasteiger partial charge < -0.3 is 9.52 Å². The Balaban J connectivity index is 1.97. The van der Waals surface area contributed by atoms with E-state index in [1.807, 2.05) is 0 Å². The molecule has 0 aliphatic heterocycles. The van der Waals surface area contributed by atoms with Crippen LogP contribution < -0.4 is 0 Å². The van der Waals surface area contributed by atoms with Crippen molar-refractivity contribution in [2.75, 3.05) is 0 Å². The second kappa shape index (κ2) is 5.24. The summed E-state index contributed by atoms with van der Waals surface area (Å²) in [6, 6.07) is 3.27. The van der Waals surface area contributed by atoms with Gasteiger partial charge in [0.05, 0.1) is 18.3 Å². The molecule has 2 aromatic heterocycles. The van der Waals surface area contributed by atoms with Crippen LogP contribution in [-0.4, -0.2) is 34.8 Å². The maximum atomic E-state index is 12.7. The molecule has 1 fully saturated rings. The second-order valence-electron chi connectivity index (χ2n) is 4.65. The highest BCUT2D eigenvalue weighted by Gasteiger charge is 2.41. The smallest absolute Gasteiger partial charge is 0.356 e. The van der Waals surface area contributed by atoms with Crippen LogP contribution in [0.2, 0.25) is 0 Å². The van der Waals surface area contributed by atoms with E-state index < -0.39 is 21.7 Å². The summed E-state index contributed by atoms with van der Waals surface area (Å²) in [6.07, 6.45) is 3.00. The molecular formula is C12H12N2O5S2. The second-order valence-corrected chi connectivity index (χ2v) is 7.59. The Labute approximate surface area is 124 Å². The van der Waals surface area contributed by atoms with Crippen LogP contribution in [-0.2, 0) is 16.6 Å². The van der Waals surface area contributed by atoms with Crippen LogP contribution in [0.15, 0.2) is 32.5 Å². The number of aromatic nitrogens is 1. The summed E-state index contributed by atoms with van der Waals surface area (Å²) in [4.78, 5) is 14.7. The summed E-state index contributed by atoms with van der Waals surface area (Å²) in [5.74, 6) is -0.824. The van der Waals surface area contributed by atoms with Gasteiger partial charge >= 0.3 is 5.97 Å². The Kier molecular flexibility index (Phi) is 3.56. The van der Waals surface area contributed by atoms with Crippen molar-refractivity contribution in [3.8, 4) is 0 Å². The van der Waals surface area contributed by atoms with Crippen molar-refractivity contribution in [1.82, 2.24) is 9.29 Å². The molecule has 0 saturated heterocycles. The fourth-order valence-corrected chi connectivity index (χ4v) is 4.90. The van der Waals surface area contributed by atoms with Crippen LogP contribution in [0.4, 0.5) is 0 Å². The molecule has 0 radical (unpaired) electrons. The molecule has 0 spiro atoms. The third kappa shape index (κ3) is 2.71. The van der Waals surface area contributed by atoms with E-state index in [0.29, 0.717) is 5.76 Å². The molecule has 1 saturated carbocycles. The van der Waals surface area contributed by atoms with Crippen LogP contribution in [0.25, 0.3) is 0 Å². The SMILES string of the molecule is O=C(O)c1ncsc1S(=O)(=O)N(Cc1ccco1)C1CC1. The maximum absolute atomic E-state index is 12.7. The summed E-state index contributed by atoms with van der Waals surface area (Å²) in [5, 5.41) is 9.05. The summed E-state index contributed by atoms with van der Waals surface area (Å²) < 4.78 is 31.7. The van der Waals surface area contributed by atoms with Gasteiger partial charge in [0, 0.05) is 6.04 Å². The summed E-state index contributed by atoms with van der Waals surface area (Å²) in [6.45, 7) is 0.0942. The topological polar surface area (TPSA) is 101 Å². The van der Waals surface area contributed by atoms with Crippen molar-refractivity contribution < 1.29 is 22.7 Å². The monoisotopic (exact) mass is 328 g/mol. The van der Waals surface area contributed by atoms with Crippen LogP contribution in [0, 0.1) is 0 Å². The number of sulfonamides is 1. The van der Waals surface area contributed by atoms with E-state index in [2.05, 4.69) is 4.98 Å². The number of furan rings is 1. The molecule has 0 bridgehead atoms. The fourth-order valence-electron chi connectivity index (χ4n) is 2.00. The molecule has 3 rings (SSSR count). The Morgan fingerprint density at radius 2 is 2.29 bits per heavy atom. The fraction of sp³-hybridized carbons (Fsp3) is 0.333. The molecule has 0 atom stereocenters. The first-order valence-electron chi connectivity index (χ1n) is 6.21. The van der Waals surface area contributed by atoms with E-state index in [9.17, 15) is 13.2 Å². The van der Waals surface area contributed by atoms with E-state index in [-0.39, 0.29) is 16.8 Å². The summed E-state index contributed by atoms with van der Waals surface area (Å²) >= 11 is 0.819. The minimum atomic E-state index is -3.90. The van der Waals surface area contributed by atoms with E-state index >= 15 is 0 Å². The third-order valence-corrected chi connectivity index (χ3v) is 6.37. The normalized spacial score (nSPS) is 15.5. The van der Waals surface area contributed by atoms with Crippen LogP contribution in [0.3, 0.4) is 0 Å². The number of hydrogen-bond donors (Lipinski definition) is 1. The summed E-state index contributed by atoms with van der Waals surface area (Å²) in [7, 11) is -3.90. The van der Waals surface area contributed by atoms with Crippen molar-refractivity contribution in [2.45, 2.75) is 29.6 Å².